The van der Waals surface area contributed by atoms with Gasteiger partial charge in [0.05, 0.1) is 10.9 Å². The molecule has 0 unspecified atom stereocenters. The minimum atomic E-state index is -4.71. The van der Waals surface area contributed by atoms with E-state index in [0.717, 1.165) is 0 Å². The van der Waals surface area contributed by atoms with E-state index >= 15 is 0 Å². The van der Waals surface area contributed by atoms with Crippen LogP contribution in [0.1, 0.15) is 37.3 Å². The number of aromatic nitrogens is 2. The van der Waals surface area contributed by atoms with Crippen LogP contribution in [0.4, 0.5) is 17.6 Å². The molecule has 0 saturated heterocycles. The minimum absolute atomic E-state index is 0.0475. The van der Waals surface area contributed by atoms with E-state index in [0.29, 0.717) is 35.9 Å². The summed E-state index contributed by atoms with van der Waals surface area (Å²) in [7, 11) is 0. The van der Waals surface area contributed by atoms with Gasteiger partial charge in [0.2, 0.25) is 5.95 Å². The van der Waals surface area contributed by atoms with Gasteiger partial charge in [0.25, 0.3) is 0 Å². The van der Waals surface area contributed by atoms with E-state index < -0.39 is 28.9 Å². The Kier molecular flexibility index (Phi) is 2.99. The number of nitrogens with one attached hydrogen (secondary N) is 1. The van der Waals surface area contributed by atoms with Crippen molar-refractivity contribution >= 4 is 22.3 Å². The third-order valence-corrected chi connectivity index (χ3v) is 5.42. The second-order valence-corrected chi connectivity index (χ2v) is 6.50. The number of benzene rings is 1. The van der Waals surface area contributed by atoms with E-state index in [1.54, 1.807) is 0 Å². The first-order valence-corrected chi connectivity index (χ1v) is 7.79. The molecule has 2 aromatic rings. The number of Topliss-reactive ketones (excluding diaryl/α,β-unsaturated/α-hetero) is 1. The first-order chi connectivity index (χ1) is 11.3. The molecule has 2 aliphatic rings. The Morgan fingerprint density at radius 3 is 2.75 bits per heavy atom. The zero-order valence-electron chi connectivity index (χ0n) is 12.9. The standard InChI is InChI=1S/C17H14F4N2O/c1-2-16-6-5-11(24)14(17(19,20)21)13(16)8-3-4-10-12(9(8)7-16)15(18)23-22-10/h3-4H,2,5-7H2,1H3,(H,22,23)/t16-/m0/s1. The molecule has 0 radical (unpaired) electrons. The van der Waals surface area contributed by atoms with Gasteiger partial charge in [-0.15, -0.1) is 0 Å². The topological polar surface area (TPSA) is 45.8 Å². The molecule has 126 valence electrons. The summed E-state index contributed by atoms with van der Waals surface area (Å²) >= 11 is 0. The highest BCUT2D eigenvalue weighted by Crippen LogP contribution is 2.58. The van der Waals surface area contributed by atoms with Crippen molar-refractivity contribution in [2.45, 2.75) is 38.8 Å². The summed E-state index contributed by atoms with van der Waals surface area (Å²) in [4.78, 5) is 12.1. The van der Waals surface area contributed by atoms with E-state index in [1.165, 1.54) is 12.1 Å². The van der Waals surface area contributed by atoms with Crippen LogP contribution in [-0.4, -0.2) is 22.2 Å². The van der Waals surface area contributed by atoms with E-state index in [2.05, 4.69) is 10.2 Å². The number of H-pyrrole nitrogens is 1. The maximum absolute atomic E-state index is 14.1. The lowest BCUT2D eigenvalue weighted by Gasteiger charge is -2.36. The largest absolute Gasteiger partial charge is 0.420 e. The summed E-state index contributed by atoms with van der Waals surface area (Å²) in [5, 5.41) is 6.32. The molecule has 4 rings (SSSR count). The maximum atomic E-state index is 14.1. The van der Waals surface area contributed by atoms with Crippen LogP contribution < -0.4 is 0 Å². The number of hydrogen-bond acceptors (Lipinski definition) is 2. The maximum Gasteiger partial charge on any atom is 0.420 e. The lowest BCUT2D eigenvalue weighted by atomic mass is 9.68. The fourth-order valence-electron chi connectivity index (χ4n) is 4.28. The van der Waals surface area contributed by atoms with Crippen molar-refractivity contribution in [2.75, 3.05) is 0 Å². The highest BCUT2D eigenvalue weighted by molar-refractivity contribution is 6.09. The van der Waals surface area contributed by atoms with Gasteiger partial charge in [0.15, 0.2) is 5.78 Å². The van der Waals surface area contributed by atoms with Crippen LogP contribution in [0.2, 0.25) is 0 Å². The Hall–Kier alpha value is -2.18. The fraction of sp³-hybridized carbons (Fsp3) is 0.412. The van der Waals surface area contributed by atoms with Crippen molar-refractivity contribution < 1.29 is 22.4 Å². The summed E-state index contributed by atoms with van der Waals surface area (Å²) in [6.45, 7) is 1.82. The lowest BCUT2D eigenvalue weighted by molar-refractivity contribution is -0.130. The molecule has 0 saturated carbocycles. The molecule has 0 spiro atoms. The van der Waals surface area contributed by atoms with Gasteiger partial charge in [-0.1, -0.05) is 13.0 Å². The SMILES string of the molecule is CC[C@@]12CCC(=O)C(C(F)(F)F)=C1c1ccc3n[nH]c(F)c3c1C2. The number of rotatable bonds is 1. The van der Waals surface area contributed by atoms with Crippen LogP contribution in [0.15, 0.2) is 17.7 Å². The number of aromatic amines is 1. The zero-order valence-corrected chi connectivity index (χ0v) is 12.9. The van der Waals surface area contributed by atoms with Crippen LogP contribution >= 0.6 is 0 Å². The molecule has 3 nitrogen and oxygen atoms in total. The molecule has 2 aliphatic carbocycles. The molecule has 7 heteroatoms. The summed E-state index contributed by atoms with van der Waals surface area (Å²) in [6, 6.07) is 3.04. The molecule has 1 aromatic heterocycles. The van der Waals surface area contributed by atoms with Gasteiger partial charge in [-0.3, -0.25) is 9.89 Å². The van der Waals surface area contributed by atoms with Crippen LogP contribution in [0.5, 0.6) is 0 Å². The van der Waals surface area contributed by atoms with Crippen LogP contribution in [0.3, 0.4) is 0 Å². The minimum Gasteiger partial charge on any atom is -0.294 e. The normalized spacial score (nSPS) is 23.8. The zero-order chi connectivity index (χ0) is 17.3. The Labute approximate surface area is 134 Å². The number of halogens is 4. The fourth-order valence-corrected chi connectivity index (χ4v) is 4.28. The Morgan fingerprint density at radius 1 is 1.33 bits per heavy atom. The van der Waals surface area contributed by atoms with Gasteiger partial charge in [-0.2, -0.15) is 22.7 Å². The smallest absolute Gasteiger partial charge is 0.294 e. The Bertz CT molecular complexity index is 909. The van der Waals surface area contributed by atoms with E-state index in [4.69, 9.17) is 0 Å². The summed E-state index contributed by atoms with van der Waals surface area (Å²) < 4.78 is 54.9. The van der Waals surface area contributed by atoms with Crippen molar-refractivity contribution in [3.8, 4) is 0 Å². The monoisotopic (exact) mass is 338 g/mol. The number of ketones is 1. The predicted molar refractivity (Wildman–Crippen MR) is 79.7 cm³/mol. The number of alkyl halides is 3. The Morgan fingerprint density at radius 2 is 2.08 bits per heavy atom. The number of hydrogen-bond donors (Lipinski definition) is 1. The van der Waals surface area contributed by atoms with Gasteiger partial charge in [-0.25, -0.2) is 0 Å². The molecule has 24 heavy (non-hydrogen) atoms. The number of carbonyl (C=O) groups is 1. The first kappa shape index (κ1) is 15.4. The molecular formula is C17H14F4N2O. The van der Waals surface area contributed by atoms with Crippen molar-refractivity contribution in [2.24, 2.45) is 5.41 Å². The molecule has 0 fully saturated rings. The van der Waals surface area contributed by atoms with Crippen LogP contribution in [0, 0.1) is 11.4 Å². The van der Waals surface area contributed by atoms with Crippen LogP contribution in [-0.2, 0) is 11.2 Å². The molecular weight excluding hydrogens is 324 g/mol. The summed E-state index contributed by atoms with van der Waals surface area (Å²) in [5.41, 5.74) is -0.531. The highest BCUT2D eigenvalue weighted by atomic mass is 19.4. The second-order valence-electron chi connectivity index (χ2n) is 6.50. The number of allylic oxidation sites excluding steroid dienone is 2. The highest BCUT2D eigenvalue weighted by Gasteiger charge is 2.53. The van der Waals surface area contributed by atoms with Gasteiger partial charge < -0.3 is 0 Å². The first-order valence-electron chi connectivity index (χ1n) is 7.79. The van der Waals surface area contributed by atoms with Gasteiger partial charge in [0, 0.05) is 11.8 Å². The van der Waals surface area contributed by atoms with Crippen molar-refractivity contribution in [1.82, 2.24) is 10.2 Å². The number of fused-ring (bicyclic) bond motifs is 5. The number of carbonyl (C=O) groups excluding carboxylic acids is 1. The number of nitrogens with zero attached hydrogens (tertiary/aromatic N) is 1. The summed E-state index contributed by atoms with van der Waals surface area (Å²) in [6.07, 6.45) is -3.72. The quantitative estimate of drug-likeness (QED) is 0.787. The van der Waals surface area contributed by atoms with Gasteiger partial charge in [0.1, 0.15) is 5.57 Å². The lowest BCUT2D eigenvalue weighted by Crippen LogP contribution is -2.33. The van der Waals surface area contributed by atoms with E-state index in [-0.39, 0.29) is 17.4 Å². The Balaban J connectivity index is 2.12. The molecule has 1 aromatic carbocycles. The van der Waals surface area contributed by atoms with E-state index in [9.17, 15) is 22.4 Å². The van der Waals surface area contributed by atoms with E-state index in [1.807, 2.05) is 6.92 Å². The van der Waals surface area contributed by atoms with Crippen LogP contribution in [0.25, 0.3) is 16.5 Å². The second kappa shape index (κ2) is 4.68. The van der Waals surface area contributed by atoms with Crippen molar-refractivity contribution in [1.29, 1.82) is 0 Å². The van der Waals surface area contributed by atoms with Crippen molar-refractivity contribution in [3.63, 3.8) is 0 Å². The molecule has 0 bridgehead atoms. The summed E-state index contributed by atoms with van der Waals surface area (Å²) in [5.74, 6) is -1.52. The average Bonchev–Trinajstić information content (AvgIpc) is 3.05. The van der Waals surface area contributed by atoms with Gasteiger partial charge >= 0.3 is 6.18 Å². The molecule has 0 amide bonds. The van der Waals surface area contributed by atoms with Crippen molar-refractivity contribution in [3.05, 3.63) is 34.8 Å². The molecule has 1 heterocycles. The predicted octanol–water partition coefficient (Wildman–Crippen LogP) is 4.33. The molecule has 1 atom stereocenters. The van der Waals surface area contributed by atoms with Gasteiger partial charge in [-0.05, 0) is 42.0 Å². The molecule has 0 aliphatic heterocycles. The third-order valence-electron chi connectivity index (χ3n) is 5.42. The average molecular weight is 338 g/mol. The molecule has 1 N–H and O–H groups in total. The third kappa shape index (κ3) is 1.84.